The maximum absolute atomic E-state index is 13.8. The highest BCUT2D eigenvalue weighted by Crippen LogP contribution is 2.52. The highest BCUT2D eigenvalue weighted by molar-refractivity contribution is 5.87. The summed E-state index contributed by atoms with van der Waals surface area (Å²) in [5, 5.41) is 5.40. The molecular formula is C44H50N8O5. The molecule has 3 aromatic heterocycles. The van der Waals surface area contributed by atoms with Crippen LogP contribution in [0, 0.1) is 11.8 Å². The summed E-state index contributed by atoms with van der Waals surface area (Å²) in [5.41, 5.74) is 8.74. The number of carbonyl (C=O) groups excluding carboxylic acids is 3. The van der Waals surface area contributed by atoms with Crippen molar-refractivity contribution in [1.29, 1.82) is 0 Å². The first-order valence-electron chi connectivity index (χ1n) is 20.0. The molecule has 4 heterocycles. The lowest BCUT2D eigenvalue weighted by Crippen LogP contribution is -2.54. The van der Waals surface area contributed by atoms with Crippen LogP contribution < -0.4 is 10.6 Å². The second-order valence-corrected chi connectivity index (χ2v) is 15.6. The number of imidazole rings is 2. The van der Waals surface area contributed by atoms with Crippen LogP contribution in [0.2, 0.25) is 0 Å². The maximum Gasteiger partial charge on any atom is 0.407 e. The molecular weight excluding hydrogens is 721 g/mol. The summed E-state index contributed by atoms with van der Waals surface area (Å²) in [7, 11) is 2.77. The van der Waals surface area contributed by atoms with E-state index in [2.05, 4.69) is 69.1 Å². The standard InChI is InChI=1S/C44H50N8O5/c1-26(56-2)40(51-44(55)57-3)43(54)52-18-4-5-39(52)42-48-24-38(50-42)32-12-13-33(35(22-32)36-21-27(15-17-46-36)14-16-45-25-53)29-8-10-30(11-9-29)37-23-47-41(49-37)34-20-28-6-7-31(34)19-28/h8-13,15,17,21-26,28,31,34,39-40H,4-7,14,16,18-20H2,1-3H3,(H,45,53)(H,47,49)(H,48,50)(H,51,55)/t26-,28?,31?,34?,39+,40+/m1/s1. The van der Waals surface area contributed by atoms with E-state index >= 15 is 0 Å². The van der Waals surface area contributed by atoms with Crippen molar-refractivity contribution in [1.82, 2.24) is 40.5 Å². The third kappa shape index (κ3) is 7.93. The molecule has 4 N–H and O–H groups in total. The Labute approximate surface area is 332 Å². The first-order valence-corrected chi connectivity index (χ1v) is 20.0. The number of rotatable bonds is 14. The molecule has 8 rings (SSSR count). The van der Waals surface area contributed by atoms with Crippen molar-refractivity contribution in [2.24, 2.45) is 11.8 Å². The molecule has 3 fully saturated rings. The number of methoxy groups -OCH3 is 2. The van der Waals surface area contributed by atoms with Gasteiger partial charge in [-0.25, -0.2) is 14.8 Å². The molecule has 13 nitrogen and oxygen atoms in total. The summed E-state index contributed by atoms with van der Waals surface area (Å²) in [6.07, 6.45) is 12.5. The number of hydrogen-bond acceptors (Lipinski definition) is 8. The van der Waals surface area contributed by atoms with Crippen LogP contribution in [-0.4, -0.2) is 87.7 Å². The zero-order chi connectivity index (χ0) is 39.5. The van der Waals surface area contributed by atoms with Gasteiger partial charge >= 0.3 is 6.09 Å². The van der Waals surface area contributed by atoms with Gasteiger partial charge in [0.1, 0.15) is 17.7 Å². The van der Waals surface area contributed by atoms with Gasteiger partial charge in [0.05, 0.1) is 48.7 Å². The van der Waals surface area contributed by atoms with Gasteiger partial charge in [0, 0.05) is 43.4 Å². The molecule has 2 bridgehead atoms. The van der Waals surface area contributed by atoms with Gasteiger partial charge in [0.15, 0.2) is 0 Å². The van der Waals surface area contributed by atoms with E-state index in [1.807, 2.05) is 18.5 Å². The van der Waals surface area contributed by atoms with Gasteiger partial charge in [0.2, 0.25) is 12.3 Å². The molecule has 0 radical (unpaired) electrons. The lowest BCUT2D eigenvalue weighted by atomic mass is 9.88. The van der Waals surface area contributed by atoms with E-state index in [-0.39, 0.29) is 11.9 Å². The van der Waals surface area contributed by atoms with Crippen LogP contribution in [0.25, 0.3) is 44.9 Å². The molecule has 57 heavy (non-hydrogen) atoms. The van der Waals surface area contributed by atoms with Crippen LogP contribution in [0.5, 0.6) is 0 Å². The predicted molar refractivity (Wildman–Crippen MR) is 216 cm³/mol. The second-order valence-electron chi connectivity index (χ2n) is 15.6. The van der Waals surface area contributed by atoms with Gasteiger partial charge in [-0.1, -0.05) is 42.8 Å². The molecule has 6 atom stereocenters. The number of hydrogen-bond donors (Lipinski definition) is 4. The van der Waals surface area contributed by atoms with Crippen molar-refractivity contribution < 1.29 is 23.9 Å². The molecule has 13 heteroatoms. The largest absolute Gasteiger partial charge is 0.453 e. The second kappa shape index (κ2) is 16.7. The van der Waals surface area contributed by atoms with Crippen molar-refractivity contribution in [3.05, 3.63) is 90.4 Å². The number of ether oxygens (including phenoxy) is 2. The Morgan fingerprint density at radius 1 is 0.895 bits per heavy atom. The van der Waals surface area contributed by atoms with Gasteiger partial charge in [0.25, 0.3) is 0 Å². The van der Waals surface area contributed by atoms with E-state index in [1.54, 1.807) is 18.0 Å². The monoisotopic (exact) mass is 770 g/mol. The number of benzene rings is 2. The number of H-pyrrole nitrogens is 2. The third-order valence-electron chi connectivity index (χ3n) is 12.3. The topological polar surface area (TPSA) is 167 Å². The number of nitrogens with one attached hydrogen (secondary N) is 4. The Hall–Kier alpha value is -5.82. The van der Waals surface area contributed by atoms with E-state index in [1.165, 1.54) is 39.9 Å². The summed E-state index contributed by atoms with van der Waals surface area (Å²) in [6.45, 7) is 2.80. The van der Waals surface area contributed by atoms with Gasteiger partial charge in [-0.3, -0.25) is 14.6 Å². The van der Waals surface area contributed by atoms with Crippen molar-refractivity contribution in [2.75, 3.05) is 27.3 Å². The minimum absolute atomic E-state index is 0.254. The normalized spacial score (nSPS) is 21.0. The van der Waals surface area contributed by atoms with E-state index < -0.39 is 18.2 Å². The van der Waals surface area contributed by atoms with Crippen molar-refractivity contribution in [3.63, 3.8) is 0 Å². The van der Waals surface area contributed by atoms with Gasteiger partial charge < -0.3 is 35.0 Å². The Morgan fingerprint density at radius 2 is 1.65 bits per heavy atom. The van der Waals surface area contributed by atoms with Crippen LogP contribution in [-0.2, 0) is 25.5 Å². The molecule has 1 saturated heterocycles. The van der Waals surface area contributed by atoms with E-state index in [0.29, 0.717) is 37.7 Å². The van der Waals surface area contributed by atoms with E-state index in [4.69, 9.17) is 24.4 Å². The number of aromatic nitrogens is 5. The van der Waals surface area contributed by atoms with Crippen LogP contribution in [0.3, 0.4) is 0 Å². The molecule has 1 aliphatic heterocycles. The quantitative estimate of drug-likeness (QED) is 0.0706. The van der Waals surface area contributed by atoms with Crippen molar-refractivity contribution in [3.8, 4) is 44.9 Å². The zero-order valence-corrected chi connectivity index (χ0v) is 32.7. The molecule has 3 aliphatic rings. The number of pyridine rings is 1. The minimum atomic E-state index is -0.914. The lowest BCUT2D eigenvalue weighted by Gasteiger charge is -2.30. The van der Waals surface area contributed by atoms with E-state index in [9.17, 15) is 14.4 Å². The number of aromatic amines is 2. The maximum atomic E-state index is 13.8. The highest BCUT2D eigenvalue weighted by atomic mass is 16.5. The van der Waals surface area contributed by atoms with Crippen molar-refractivity contribution in [2.45, 2.75) is 76.0 Å². The Morgan fingerprint density at radius 3 is 2.39 bits per heavy atom. The molecule has 5 aromatic rings. The van der Waals surface area contributed by atoms with E-state index in [0.717, 1.165) is 81.0 Å². The summed E-state index contributed by atoms with van der Waals surface area (Å²) in [6, 6.07) is 17.7. The third-order valence-corrected chi connectivity index (χ3v) is 12.3. The smallest absolute Gasteiger partial charge is 0.407 e. The fraction of sp³-hybridized carbons (Fsp3) is 0.409. The molecule has 3 amide bonds. The SMILES string of the molecule is COC(=O)N[C@H](C(=O)N1CCC[C@H]1c1ncc(-c2ccc(-c3ccc(-c4cnc(C5CC6CCC5C6)[nH]4)cc3)c(-c3cc(CCNC=O)ccn3)c2)[nH]1)[C@@H](C)OC. The van der Waals surface area contributed by atoms with Crippen LogP contribution in [0.15, 0.2) is 73.2 Å². The first kappa shape index (κ1) is 38.1. The zero-order valence-electron chi connectivity index (χ0n) is 32.7. The molecule has 2 aromatic carbocycles. The number of likely N-dealkylation sites (tertiary alicyclic amines) is 1. The average Bonchev–Trinajstić information content (AvgIpc) is 4.11. The van der Waals surface area contributed by atoms with Crippen LogP contribution in [0.1, 0.15) is 74.6 Å². The highest BCUT2D eigenvalue weighted by Gasteiger charge is 2.42. The Balaban J connectivity index is 1.08. The molecule has 296 valence electrons. The summed E-state index contributed by atoms with van der Waals surface area (Å²) < 4.78 is 10.2. The number of fused-ring (bicyclic) bond motifs is 2. The Kier molecular flexibility index (Phi) is 11.2. The van der Waals surface area contributed by atoms with Gasteiger partial charge in [-0.15, -0.1) is 0 Å². The Bertz CT molecular complexity index is 2220. The van der Waals surface area contributed by atoms with Gasteiger partial charge in [-0.05, 0) is 97.7 Å². The molecule has 2 aliphatic carbocycles. The van der Waals surface area contributed by atoms with Crippen LogP contribution >= 0.6 is 0 Å². The van der Waals surface area contributed by atoms with Crippen LogP contribution in [0.4, 0.5) is 4.79 Å². The fourth-order valence-electron chi connectivity index (χ4n) is 9.16. The summed E-state index contributed by atoms with van der Waals surface area (Å²) in [4.78, 5) is 60.2. The summed E-state index contributed by atoms with van der Waals surface area (Å²) in [5.74, 6) is 3.72. The fourth-order valence-corrected chi connectivity index (χ4v) is 9.16. The number of carbonyl (C=O) groups is 3. The molecule has 2 saturated carbocycles. The lowest BCUT2D eigenvalue weighted by molar-refractivity contribution is -0.137. The van der Waals surface area contributed by atoms with Crippen molar-refractivity contribution >= 4 is 18.4 Å². The number of alkyl carbamates (subject to hydrolysis) is 1. The number of nitrogens with zero attached hydrogens (tertiary/aromatic N) is 4. The first-order chi connectivity index (χ1) is 27.8. The predicted octanol–water partition coefficient (Wildman–Crippen LogP) is 6.81. The molecule has 3 unspecified atom stereocenters. The minimum Gasteiger partial charge on any atom is -0.453 e. The van der Waals surface area contributed by atoms with Gasteiger partial charge in [-0.2, -0.15) is 0 Å². The molecule has 0 spiro atoms. The summed E-state index contributed by atoms with van der Waals surface area (Å²) >= 11 is 0. The average molecular weight is 771 g/mol. The number of amides is 3.